The minimum atomic E-state index is -0.139. The van der Waals surface area contributed by atoms with Gasteiger partial charge in [0.2, 0.25) is 0 Å². The summed E-state index contributed by atoms with van der Waals surface area (Å²) in [4.78, 5) is 0. The molecule has 0 amide bonds. The first kappa shape index (κ1) is 10.7. The highest BCUT2D eigenvalue weighted by molar-refractivity contribution is 5.12. The first-order chi connectivity index (χ1) is 7.16. The standard InChI is InChI=1S/C12H20N2O/c1-9(15)10-3-5-11(6-4-10)12-7-13-14(2)8-12/h7-11,15H,3-6H2,1-2H3. The van der Waals surface area contributed by atoms with Crippen molar-refractivity contribution in [1.82, 2.24) is 9.78 Å². The van der Waals surface area contributed by atoms with Crippen molar-refractivity contribution in [3.05, 3.63) is 18.0 Å². The van der Waals surface area contributed by atoms with Crippen LogP contribution in [-0.2, 0) is 7.05 Å². The molecular weight excluding hydrogens is 188 g/mol. The molecule has 2 rings (SSSR count). The van der Waals surface area contributed by atoms with E-state index in [4.69, 9.17) is 0 Å². The van der Waals surface area contributed by atoms with E-state index in [1.54, 1.807) is 0 Å². The fourth-order valence-corrected chi connectivity index (χ4v) is 2.59. The summed E-state index contributed by atoms with van der Waals surface area (Å²) >= 11 is 0. The Hall–Kier alpha value is -0.830. The van der Waals surface area contributed by atoms with Gasteiger partial charge in [0, 0.05) is 13.2 Å². The van der Waals surface area contributed by atoms with E-state index in [1.807, 2.05) is 24.9 Å². The van der Waals surface area contributed by atoms with Crippen LogP contribution in [0.15, 0.2) is 12.4 Å². The Morgan fingerprint density at radius 3 is 2.53 bits per heavy atom. The van der Waals surface area contributed by atoms with Gasteiger partial charge in [0.25, 0.3) is 0 Å². The van der Waals surface area contributed by atoms with Gasteiger partial charge in [0.05, 0.1) is 12.3 Å². The van der Waals surface area contributed by atoms with Crippen molar-refractivity contribution in [1.29, 1.82) is 0 Å². The summed E-state index contributed by atoms with van der Waals surface area (Å²) in [5.41, 5.74) is 1.36. The van der Waals surface area contributed by atoms with E-state index in [-0.39, 0.29) is 6.10 Å². The van der Waals surface area contributed by atoms with E-state index in [0.717, 1.165) is 12.8 Å². The molecular formula is C12H20N2O. The lowest BCUT2D eigenvalue weighted by Crippen LogP contribution is -2.22. The molecule has 0 saturated heterocycles. The minimum absolute atomic E-state index is 0.139. The van der Waals surface area contributed by atoms with Crippen molar-refractivity contribution in [2.45, 2.75) is 44.6 Å². The summed E-state index contributed by atoms with van der Waals surface area (Å²) in [5.74, 6) is 1.17. The van der Waals surface area contributed by atoms with Crippen LogP contribution in [0.4, 0.5) is 0 Å². The highest BCUT2D eigenvalue weighted by atomic mass is 16.3. The number of hydrogen-bond donors (Lipinski definition) is 1. The van der Waals surface area contributed by atoms with Crippen LogP contribution in [-0.4, -0.2) is 21.0 Å². The summed E-state index contributed by atoms with van der Waals surface area (Å²) < 4.78 is 1.87. The fraction of sp³-hybridized carbons (Fsp3) is 0.750. The first-order valence-electron chi connectivity index (χ1n) is 5.83. The molecule has 0 aromatic carbocycles. The quantitative estimate of drug-likeness (QED) is 0.808. The first-order valence-corrected chi connectivity index (χ1v) is 5.83. The average molecular weight is 208 g/mol. The second-order valence-electron chi connectivity index (χ2n) is 4.80. The molecule has 1 N–H and O–H groups in total. The van der Waals surface area contributed by atoms with E-state index in [1.165, 1.54) is 18.4 Å². The maximum Gasteiger partial charge on any atom is 0.0540 e. The molecule has 1 aromatic heterocycles. The van der Waals surface area contributed by atoms with E-state index in [2.05, 4.69) is 11.3 Å². The molecule has 84 valence electrons. The summed E-state index contributed by atoms with van der Waals surface area (Å²) in [5, 5.41) is 13.7. The number of aryl methyl sites for hydroxylation is 1. The normalized spacial score (nSPS) is 29.0. The van der Waals surface area contributed by atoms with Gasteiger partial charge in [0.1, 0.15) is 0 Å². The molecule has 1 aromatic rings. The fourth-order valence-electron chi connectivity index (χ4n) is 2.59. The Morgan fingerprint density at radius 2 is 2.07 bits per heavy atom. The van der Waals surface area contributed by atoms with Gasteiger partial charge in [-0.25, -0.2) is 0 Å². The zero-order chi connectivity index (χ0) is 10.8. The largest absolute Gasteiger partial charge is 0.393 e. The summed E-state index contributed by atoms with van der Waals surface area (Å²) in [6.07, 6.45) is 8.65. The minimum Gasteiger partial charge on any atom is -0.393 e. The Bertz CT molecular complexity index is 311. The molecule has 15 heavy (non-hydrogen) atoms. The van der Waals surface area contributed by atoms with Gasteiger partial charge in [-0.2, -0.15) is 5.10 Å². The number of aliphatic hydroxyl groups is 1. The highest BCUT2D eigenvalue weighted by Crippen LogP contribution is 2.36. The van der Waals surface area contributed by atoms with Gasteiger partial charge in [-0.1, -0.05) is 0 Å². The van der Waals surface area contributed by atoms with Gasteiger partial charge < -0.3 is 5.11 Å². The highest BCUT2D eigenvalue weighted by Gasteiger charge is 2.25. The van der Waals surface area contributed by atoms with E-state index >= 15 is 0 Å². The van der Waals surface area contributed by atoms with E-state index < -0.39 is 0 Å². The smallest absolute Gasteiger partial charge is 0.0540 e. The molecule has 1 fully saturated rings. The van der Waals surface area contributed by atoms with Gasteiger partial charge in [-0.15, -0.1) is 0 Å². The second-order valence-corrected chi connectivity index (χ2v) is 4.80. The molecule has 1 atom stereocenters. The van der Waals surface area contributed by atoms with E-state index in [9.17, 15) is 5.11 Å². The SMILES string of the molecule is CC(O)C1CCC(c2cnn(C)c2)CC1. The molecule has 0 aliphatic heterocycles. The van der Waals surface area contributed by atoms with Crippen molar-refractivity contribution < 1.29 is 5.11 Å². The molecule has 3 heteroatoms. The monoisotopic (exact) mass is 208 g/mol. The van der Waals surface area contributed by atoms with Crippen molar-refractivity contribution >= 4 is 0 Å². The van der Waals surface area contributed by atoms with Crippen LogP contribution in [0.3, 0.4) is 0 Å². The van der Waals surface area contributed by atoms with Crippen molar-refractivity contribution in [2.75, 3.05) is 0 Å². The average Bonchev–Trinajstić information content (AvgIpc) is 2.65. The number of rotatable bonds is 2. The number of hydrogen-bond acceptors (Lipinski definition) is 2. The van der Waals surface area contributed by atoms with E-state index in [0.29, 0.717) is 11.8 Å². The molecule has 1 aliphatic rings. The van der Waals surface area contributed by atoms with Crippen molar-refractivity contribution in [3.8, 4) is 0 Å². The Balaban J connectivity index is 1.93. The molecule has 3 nitrogen and oxygen atoms in total. The van der Waals surface area contributed by atoms with Crippen LogP contribution in [0, 0.1) is 5.92 Å². The van der Waals surface area contributed by atoms with Crippen LogP contribution >= 0.6 is 0 Å². The summed E-state index contributed by atoms with van der Waals surface area (Å²) in [6.45, 7) is 1.91. The van der Waals surface area contributed by atoms with Crippen LogP contribution < -0.4 is 0 Å². The summed E-state index contributed by atoms with van der Waals surface area (Å²) in [6, 6.07) is 0. The second kappa shape index (κ2) is 4.35. The zero-order valence-corrected chi connectivity index (χ0v) is 9.56. The van der Waals surface area contributed by atoms with Gasteiger partial charge in [-0.05, 0) is 50.0 Å². The lowest BCUT2D eigenvalue weighted by atomic mass is 9.78. The Kier molecular flexibility index (Phi) is 3.10. The zero-order valence-electron chi connectivity index (χ0n) is 9.56. The maximum atomic E-state index is 9.52. The molecule has 0 radical (unpaired) electrons. The molecule has 1 aliphatic carbocycles. The number of nitrogens with zero attached hydrogens (tertiary/aromatic N) is 2. The van der Waals surface area contributed by atoms with Crippen LogP contribution in [0.5, 0.6) is 0 Å². The van der Waals surface area contributed by atoms with Crippen LogP contribution in [0.25, 0.3) is 0 Å². The topological polar surface area (TPSA) is 38.1 Å². The predicted octanol–water partition coefficient (Wildman–Crippen LogP) is 2.07. The van der Waals surface area contributed by atoms with Gasteiger partial charge in [0.15, 0.2) is 0 Å². The molecule has 0 spiro atoms. The molecule has 0 bridgehead atoms. The summed E-state index contributed by atoms with van der Waals surface area (Å²) in [7, 11) is 1.96. The third-order valence-electron chi connectivity index (χ3n) is 3.65. The van der Waals surface area contributed by atoms with Crippen molar-refractivity contribution in [3.63, 3.8) is 0 Å². The molecule has 1 saturated carbocycles. The lowest BCUT2D eigenvalue weighted by Gasteiger charge is -2.29. The van der Waals surface area contributed by atoms with Crippen molar-refractivity contribution in [2.24, 2.45) is 13.0 Å². The van der Waals surface area contributed by atoms with Gasteiger partial charge in [-0.3, -0.25) is 4.68 Å². The van der Waals surface area contributed by atoms with Gasteiger partial charge >= 0.3 is 0 Å². The van der Waals surface area contributed by atoms with Crippen LogP contribution in [0.1, 0.15) is 44.1 Å². The third-order valence-corrected chi connectivity index (χ3v) is 3.65. The third kappa shape index (κ3) is 2.40. The predicted molar refractivity (Wildman–Crippen MR) is 59.6 cm³/mol. The lowest BCUT2D eigenvalue weighted by molar-refractivity contribution is 0.0967. The number of aliphatic hydroxyl groups excluding tert-OH is 1. The Morgan fingerprint density at radius 1 is 1.40 bits per heavy atom. The number of aromatic nitrogens is 2. The Labute approximate surface area is 91.1 Å². The van der Waals surface area contributed by atoms with Crippen LogP contribution in [0.2, 0.25) is 0 Å². The maximum absolute atomic E-state index is 9.52. The molecule has 1 unspecified atom stereocenters. The molecule has 1 heterocycles.